The molecule has 114 valence electrons. The van der Waals surface area contributed by atoms with Gasteiger partial charge < -0.3 is 4.74 Å². The molecule has 0 aliphatic rings. The first-order valence-electron chi connectivity index (χ1n) is 6.11. The molecule has 0 aromatic heterocycles. The zero-order valence-corrected chi connectivity index (χ0v) is 11.4. The molecule has 0 heterocycles. The van der Waals surface area contributed by atoms with Gasteiger partial charge in [0.15, 0.2) is 5.78 Å². The Morgan fingerprint density at radius 1 is 1.24 bits per heavy atom. The quantitative estimate of drug-likeness (QED) is 0.363. The number of carbonyl (C=O) groups is 3. The van der Waals surface area contributed by atoms with Gasteiger partial charge in [-0.1, -0.05) is 12.1 Å². The highest BCUT2D eigenvalue weighted by molar-refractivity contribution is 6.39. The molecule has 0 saturated carbocycles. The highest BCUT2D eigenvalue weighted by Gasteiger charge is 2.33. The predicted octanol–water partition coefficient (Wildman–Crippen LogP) is 2.66. The summed E-state index contributed by atoms with van der Waals surface area (Å²) in [4.78, 5) is 34.8. The monoisotopic (exact) mass is 302 g/mol. The van der Waals surface area contributed by atoms with E-state index in [0.717, 1.165) is 25.1 Å². The van der Waals surface area contributed by atoms with Crippen LogP contribution in [0.15, 0.2) is 24.3 Å². The van der Waals surface area contributed by atoms with Crippen LogP contribution in [0.3, 0.4) is 0 Å². The zero-order valence-electron chi connectivity index (χ0n) is 11.4. The fourth-order valence-corrected chi connectivity index (χ4v) is 1.60. The summed E-state index contributed by atoms with van der Waals surface area (Å²) in [5.74, 6) is -4.52. The smallest absolute Gasteiger partial charge is 0.416 e. The summed E-state index contributed by atoms with van der Waals surface area (Å²) in [5, 5.41) is 0. The number of carbonyl (C=O) groups excluding carboxylic acids is 3. The number of ketones is 2. The fraction of sp³-hybridized carbons (Fsp3) is 0.357. The number of benzene rings is 1. The lowest BCUT2D eigenvalue weighted by Gasteiger charge is -2.11. The standard InChI is InChI=1S/C14H13F3O4/c1-3-21-13(20)12(19)8(2)11(18)9-5-4-6-10(7-9)14(15,16)17/h4-8H,3H2,1-2H3/t8-/m0/s1. The molecule has 0 amide bonds. The van der Waals surface area contributed by atoms with Crippen LogP contribution in [-0.4, -0.2) is 24.1 Å². The number of alkyl halides is 3. The number of hydrogen-bond acceptors (Lipinski definition) is 4. The molecule has 1 atom stereocenters. The average Bonchev–Trinajstić information content (AvgIpc) is 2.44. The summed E-state index contributed by atoms with van der Waals surface area (Å²) < 4.78 is 42.2. The van der Waals surface area contributed by atoms with Crippen molar-refractivity contribution in [3.63, 3.8) is 0 Å². The molecular weight excluding hydrogens is 289 g/mol. The molecule has 1 aromatic carbocycles. The lowest BCUT2D eigenvalue weighted by molar-refractivity contribution is -0.154. The van der Waals surface area contributed by atoms with Gasteiger partial charge in [-0.05, 0) is 26.0 Å². The van der Waals surface area contributed by atoms with Gasteiger partial charge >= 0.3 is 12.1 Å². The number of halogens is 3. The Balaban J connectivity index is 2.98. The van der Waals surface area contributed by atoms with E-state index in [2.05, 4.69) is 4.74 Å². The minimum atomic E-state index is -4.59. The van der Waals surface area contributed by atoms with E-state index in [0.29, 0.717) is 6.07 Å². The maximum absolute atomic E-state index is 12.6. The van der Waals surface area contributed by atoms with Gasteiger partial charge in [0.05, 0.1) is 18.1 Å². The summed E-state index contributed by atoms with van der Waals surface area (Å²) in [6, 6.07) is 3.69. The van der Waals surface area contributed by atoms with Crippen LogP contribution in [0.5, 0.6) is 0 Å². The molecule has 21 heavy (non-hydrogen) atoms. The van der Waals surface area contributed by atoms with E-state index in [1.807, 2.05) is 0 Å². The second kappa shape index (κ2) is 6.51. The van der Waals surface area contributed by atoms with Crippen LogP contribution in [0, 0.1) is 5.92 Å². The molecule has 0 unspecified atom stereocenters. The van der Waals surface area contributed by atoms with Crippen LogP contribution in [0.25, 0.3) is 0 Å². The average molecular weight is 302 g/mol. The van der Waals surface area contributed by atoms with Gasteiger partial charge in [-0.2, -0.15) is 13.2 Å². The van der Waals surface area contributed by atoms with Gasteiger partial charge in [-0.3, -0.25) is 9.59 Å². The molecule has 4 nitrogen and oxygen atoms in total. The summed E-state index contributed by atoms with van der Waals surface area (Å²) in [6.45, 7) is 2.61. The van der Waals surface area contributed by atoms with E-state index < -0.39 is 35.2 Å². The van der Waals surface area contributed by atoms with Crippen molar-refractivity contribution >= 4 is 17.5 Å². The van der Waals surface area contributed by atoms with Gasteiger partial charge in [0.2, 0.25) is 0 Å². The molecule has 7 heteroatoms. The van der Waals surface area contributed by atoms with Crippen LogP contribution >= 0.6 is 0 Å². The summed E-state index contributed by atoms with van der Waals surface area (Å²) >= 11 is 0. The van der Waals surface area contributed by atoms with E-state index in [1.54, 1.807) is 0 Å². The van der Waals surface area contributed by atoms with Crippen molar-refractivity contribution in [3.8, 4) is 0 Å². The third-order valence-electron chi connectivity index (χ3n) is 2.74. The van der Waals surface area contributed by atoms with E-state index in [4.69, 9.17) is 0 Å². The van der Waals surface area contributed by atoms with E-state index >= 15 is 0 Å². The Bertz CT molecular complexity index is 564. The fourth-order valence-electron chi connectivity index (χ4n) is 1.60. The Morgan fingerprint density at radius 2 is 1.86 bits per heavy atom. The minimum Gasteiger partial charge on any atom is -0.460 e. The van der Waals surface area contributed by atoms with Crippen molar-refractivity contribution < 1.29 is 32.3 Å². The van der Waals surface area contributed by atoms with Gasteiger partial charge in [0, 0.05) is 5.56 Å². The van der Waals surface area contributed by atoms with E-state index in [-0.39, 0.29) is 12.2 Å². The van der Waals surface area contributed by atoms with Crippen molar-refractivity contribution in [1.82, 2.24) is 0 Å². The summed E-state index contributed by atoms with van der Waals surface area (Å²) in [7, 11) is 0. The molecule has 0 radical (unpaired) electrons. The lowest BCUT2D eigenvalue weighted by Crippen LogP contribution is -2.29. The lowest BCUT2D eigenvalue weighted by atomic mass is 9.94. The summed E-state index contributed by atoms with van der Waals surface area (Å²) in [5.41, 5.74) is -1.28. The third-order valence-corrected chi connectivity index (χ3v) is 2.74. The Morgan fingerprint density at radius 3 is 2.38 bits per heavy atom. The Hall–Kier alpha value is -2.18. The van der Waals surface area contributed by atoms with Crippen molar-refractivity contribution in [2.45, 2.75) is 20.0 Å². The number of rotatable bonds is 5. The van der Waals surface area contributed by atoms with Gasteiger partial charge in [0.25, 0.3) is 5.78 Å². The maximum atomic E-state index is 12.6. The van der Waals surface area contributed by atoms with Crippen molar-refractivity contribution in [2.75, 3.05) is 6.61 Å². The van der Waals surface area contributed by atoms with Crippen molar-refractivity contribution in [1.29, 1.82) is 0 Å². The number of ether oxygens (including phenoxy) is 1. The van der Waals surface area contributed by atoms with Crippen LogP contribution in [0.1, 0.15) is 29.8 Å². The first kappa shape index (κ1) is 16.9. The molecule has 0 aliphatic carbocycles. The molecule has 1 rings (SSSR count). The molecule has 0 saturated heterocycles. The Kier molecular flexibility index (Phi) is 5.23. The minimum absolute atomic E-state index is 0.0327. The highest BCUT2D eigenvalue weighted by Crippen LogP contribution is 2.30. The zero-order chi connectivity index (χ0) is 16.2. The number of Topliss-reactive ketones (excluding diaryl/α,β-unsaturated/α-hetero) is 2. The van der Waals surface area contributed by atoms with Crippen molar-refractivity contribution in [2.24, 2.45) is 5.92 Å². The van der Waals surface area contributed by atoms with Gasteiger partial charge in [-0.15, -0.1) is 0 Å². The van der Waals surface area contributed by atoms with Gasteiger partial charge in [0.1, 0.15) is 0 Å². The second-order valence-corrected chi connectivity index (χ2v) is 4.25. The first-order chi connectivity index (χ1) is 9.68. The van der Waals surface area contributed by atoms with Gasteiger partial charge in [-0.25, -0.2) is 4.79 Å². The molecule has 0 bridgehead atoms. The van der Waals surface area contributed by atoms with Crippen molar-refractivity contribution in [3.05, 3.63) is 35.4 Å². The van der Waals surface area contributed by atoms with Crippen LogP contribution in [0.2, 0.25) is 0 Å². The molecule has 0 aliphatic heterocycles. The molecule has 0 spiro atoms. The van der Waals surface area contributed by atoms with Crippen LogP contribution in [0.4, 0.5) is 13.2 Å². The normalized spacial score (nSPS) is 12.6. The third kappa shape index (κ3) is 4.14. The largest absolute Gasteiger partial charge is 0.460 e. The van der Waals surface area contributed by atoms with Crippen LogP contribution in [-0.2, 0) is 20.5 Å². The maximum Gasteiger partial charge on any atom is 0.416 e. The van der Waals surface area contributed by atoms with E-state index in [9.17, 15) is 27.6 Å². The Labute approximate surface area is 118 Å². The SMILES string of the molecule is CCOC(=O)C(=O)[C@@H](C)C(=O)c1cccc(C(F)(F)F)c1. The number of esters is 1. The van der Waals surface area contributed by atoms with Crippen LogP contribution < -0.4 is 0 Å². The van der Waals surface area contributed by atoms with E-state index in [1.165, 1.54) is 6.92 Å². The molecule has 1 aromatic rings. The first-order valence-corrected chi connectivity index (χ1v) is 6.11. The molecule has 0 N–H and O–H groups in total. The molecular formula is C14H13F3O4. The molecule has 0 fully saturated rings. The number of hydrogen-bond donors (Lipinski definition) is 0. The summed E-state index contributed by atoms with van der Waals surface area (Å²) in [6.07, 6.45) is -4.59. The highest BCUT2D eigenvalue weighted by atomic mass is 19.4. The topological polar surface area (TPSA) is 60.4 Å². The predicted molar refractivity (Wildman–Crippen MR) is 66.6 cm³/mol. The second-order valence-electron chi connectivity index (χ2n) is 4.25.